The van der Waals surface area contributed by atoms with Gasteiger partial charge in [-0.2, -0.15) is 0 Å². The fourth-order valence-electron chi connectivity index (χ4n) is 2.98. The number of benzene rings is 2. The van der Waals surface area contributed by atoms with Crippen LogP contribution < -0.4 is 14.2 Å². The van der Waals surface area contributed by atoms with E-state index in [1.54, 1.807) is 53.8 Å². The number of ketones is 1. The standard InChI is InChI=1S/C23H21NO6S/c1-15-24-18(14-31-15)12-29-19-5-2-4-17(10-19)23(26)30-13-20(25)16-6-7-21-22(11-16)28-9-3-8-27-21/h2,4-7,10-11,14H,3,8-9,12-13H2,1H3. The smallest absolute Gasteiger partial charge is 0.338 e. The first-order valence-electron chi connectivity index (χ1n) is 9.82. The average Bonchev–Trinajstić information content (AvgIpc) is 3.06. The number of hydrogen-bond donors (Lipinski definition) is 0. The van der Waals surface area contributed by atoms with Gasteiger partial charge in [0.2, 0.25) is 0 Å². The highest BCUT2D eigenvalue weighted by Gasteiger charge is 2.16. The minimum absolute atomic E-state index is 0.304. The molecule has 7 nitrogen and oxygen atoms in total. The van der Waals surface area contributed by atoms with Crippen LogP contribution in [0.4, 0.5) is 0 Å². The van der Waals surface area contributed by atoms with Crippen molar-refractivity contribution in [3.63, 3.8) is 0 Å². The topological polar surface area (TPSA) is 84.0 Å². The zero-order valence-electron chi connectivity index (χ0n) is 17.0. The van der Waals surface area contributed by atoms with Gasteiger partial charge in [-0.15, -0.1) is 11.3 Å². The Hall–Kier alpha value is -3.39. The summed E-state index contributed by atoms with van der Waals surface area (Å²) in [5.41, 5.74) is 1.53. The first-order valence-corrected chi connectivity index (χ1v) is 10.7. The average molecular weight is 439 g/mol. The molecule has 0 bridgehead atoms. The Bertz CT molecular complexity index is 1090. The van der Waals surface area contributed by atoms with E-state index in [9.17, 15) is 9.59 Å². The summed E-state index contributed by atoms with van der Waals surface area (Å²) in [7, 11) is 0. The Labute approximate surface area is 183 Å². The van der Waals surface area contributed by atoms with Gasteiger partial charge < -0.3 is 18.9 Å². The predicted molar refractivity (Wildman–Crippen MR) is 114 cm³/mol. The molecule has 0 unspecified atom stereocenters. The number of carbonyl (C=O) groups excluding carboxylic acids is 2. The summed E-state index contributed by atoms with van der Waals surface area (Å²) in [6.07, 6.45) is 0.780. The van der Waals surface area contributed by atoms with Crippen molar-refractivity contribution >= 4 is 23.1 Å². The van der Waals surface area contributed by atoms with Crippen molar-refractivity contribution in [3.8, 4) is 17.2 Å². The number of hydrogen-bond acceptors (Lipinski definition) is 8. The first kappa shape index (κ1) is 20.9. The molecular formula is C23H21NO6S. The summed E-state index contributed by atoms with van der Waals surface area (Å²) in [5, 5.41) is 2.90. The van der Waals surface area contributed by atoms with Gasteiger partial charge in [0.15, 0.2) is 23.9 Å². The largest absolute Gasteiger partial charge is 0.490 e. The van der Waals surface area contributed by atoms with Crippen molar-refractivity contribution in [2.75, 3.05) is 19.8 Å². The van der Waals surface area contributed by atoms with Crippen LogP contribution in [0.2, 0.25) is 0 Å². The molecule has 8 heteroatoms. The van der Waals surface area contributed by atoms with E-state index in [1.165, 1.54) is 0 Å². The molecular weight excluding hydrogens is 418 g/mol. The van der Waals surface area contributed by atoms with Crippen molar-refractivity contribution < 1.29 is 28.5 Å². The van der Waals surface area contributed by atoms with Crippen molar-refractivity contribution in [1.29, 1.82) is 0 Å². The second kappa shape index (κ2) is 9.61. The molecule has 0 N–H and O–H groups in total. The van der Waals surface area contributed by atoms with E-state index in [2.05, 4.69) is 4.98 Å². The van der Waals surface area contributed by atoms with Gasteiger partial charge in [0.1, 0.15) is 12.4 Å². The second-order valence-electron chi connectivity index (χ2n) is 6.89. The van der Waals surface area contributed by atoms with Gasteiger partial charge in [-0.1, -0.05) is 6.07 Å². The molecule has 3 aromatic rings. The monoisotopic (exact) mass is 439 g/mol. The van der Waals surface area contributed by atoms with Crippen molar-refractivity contribution in [2.24, 2.45) is 0 Å². The lowest BCUT2D eigenvalue weighted by molar-refractivity contribution is 0.0474. The minimum Gasteiger partial charge on any atom is -0.490 e. The highest BCUT2D eigenvalue weighted by Crippen LogP contribution is 2.30. The van der Waals surface area contributed by atoms with E-state index in [0.29, 0.717) is 48.2 Å². The van der Waals surface area contributed by atoms with E-state index in [1.807, 2.05) is 12.3 Å². The van der Waals surface area contributed by atoms with E-state index in [-0.39, 0.29) is 12.4 Å². The van der Waals surface area contributed by atoms with Crippen LogP contribution in [0, 0.1) is 6.92 Å². The lowest BCUT2D eigenvalue weighted by Gasteiger charge is -2.10. The number of Topliss-reactive ketones (excluding diaryl/α,β-unsaturated/α-hetero) is 1. The van der Waals surface area contributed by atoms with E-state index in [0.717, 1.165) is 17.1 Å². The quantitative estimate of drug-likeness (QED) is 0.402. The summed E-state index contributed by atoms with van der Waals surface area (Å²) < 4.78 is 22.1. The molecule has 0 amide bonds. The normalized spacial score (nSPS) is 12.7. The minimum atomic E-state index is -0.599. The number of thiazole rings is 1. The third-order valence-electron chi connectivity index (χ3n) is 4.53. The number of ether oxygens (including phenoxy) is 4. The van der Waals surface area contributed by atoms with Crippen LogP contribution in [0.25, 0.3) is 0 Å². The molecule has 0 atom stereocenters. The maximum absolute atomic E-state index is 12.5. The summed E-state index contributed by atoms with van der Waals surface area (Å²) in [5.74, 6) is 0.729. The Morgan fingerprint density at radius 3 is 2.71 bits per heavy atom. The van der Waals surface area contributed by atoms with Crippen LogP contribution in [0.5, 0.6) is 17.2 Å². The van der Waals surface area contributed by atoms with Crippen LogP contribution in [-0.4, -0.2) is 36.6 Å². The van der Waals surface area contributed by atoms with Crippen LogP contribution in [0.15, 0.2) is 47.8 Å². The number of aromatic nitrogens is 1. The van der Waals surface area contributed by atoms with Crippen molar-refractivity contribution in [2.45, 2.75) is 20.0 Å². The maximum atomic E-state index is 12.5. The molecule has 4 rings (SSSR count). The number of aryl methyl sites for hydroxylation is 1. The van der Waals surface area contributed by atoms with Crippen molar-refractivity contribution in [3.05, 3.63) is 69.7 Å². The number of nitrogens with zero attached hydrogens (tertiary/aromatic N) is 1. The van der Waals surface area contributed by atoms with Crippen LogP contribution in [-0.2, 0) is 11.3 Å². The Kier molecular flexibility index (Phi) is 6.47. The van der Waals surface area contributed by atoms with Crippen LogP contribution in [0.3, 0.4) is 0 Å². The summed E-state index contributed by atoms with van der Waals surface area (Å²) in [6.45, 7) is 2.97. The third kappa shape index (κ3) is 5.40. The molecule has 160 valence electrons. The molecule has 0 saturated carbocycles. The fourth-order valence-corrected chi connectivity index (χ4v) is 3.58. The van der Waals surface area contributed by atoms with Gasteiger partial charge in [-0.3, -0.25) is 4.79 Å². The molecule has 1 aliphatic heterocycles. The molecule has 0 aliphatic carbocycles. The van der Waals surface area contributed by atoms with E-state index < -0.39 is 5.97 Å². The zero-order chi connectivity index (χ0) is 21.6. The van der Waals surface area contributed by atoms with Crippen molar-refractivity contribution in [1.82, 2.24) is 4.98 Å². The Morgan fingerprint density at radius 2 is 1.90 bits per heavy atom. The molecule has 0 radical (unpaired) electrons. The first-order chi connectivity index (χ1) is 15.1. The van der Waals surface area contributed by atoms with Gasteiger partial charge in [0.05, 0.1) is 29.5 Å². The number of rotatable bonds is 7. The van der Waals surface area contributed by atoms with Crippen LogP contribution >= 0.6 is 11.3 Å². The highest BCUT2D eigenvalue weighted by atomic mass is 32.1. The van der Waals surface area contributed by atoms with Gasteiger partial charge >= 0.3 is 5.97 Å². The Balaban J connectivity index is 1.34. The highest BCUT2D eigenvalue weighted by molar-refractivity contribution is 7.09. The molecule has 0 fully saturated rings. The summed E-state index contributed by atoms with van der Waals surface area (Å²) >= 11 is 1.55. The lowest BCUT2D eigenvalue weighted by atomic mass is 10.1. The molecule has 1 aromatic heterocycles. The molecule has 31 heavy (non-hydrogen) atoms. The third-order valence-corrected chi connectivity index (χ3v) is 5.35. The van der Waals surface area contributed by atoms with Gasteiger partial charge in [-0.05, 0) is 43.3 Å². The molecule has 2 aromatic carbocycles. The molecule has 2 heterocycles. The number of carbonyl (C=O) groups is 2. The number of esters is 1. The van der Waals surface area contributed by atoms with E-state index >= 15 is 0 Å². The maximum Gasteiger partial charge on any atom is 0.338 e. The summed E-state index contributed by atoms with van der Waals surface area (Å²) in [4.78, 5) is 29.2. The molecule has 0 spiro atoms. The van der Waals surface area contributed by atoms with Crippen LogP contribution in [0.1, 0.15) is 37.8 Å². The summed E-state index contributed by atoms with van der Waals surface area (Å²) in [6, 6.07) is 11.6. The molecule has 0 saturated heterocycles. The van der Waals surface area contributed by atoms with E-state index in [4.69, 9.17) is 18.9 Å². The second-order valence-corrected chi connectivity index (χ2v) is 7.95. The number of fused-ring (bicyclic) bond motifs is 1. The van der Waals surface area contributed by atoms with Gasteiger partial charge in [0.25, 0.3) is 0 Å². The predicted octanol–water partition coefficient (Wildman–Crippen LogP) is 4.23. The lowest BCUT2D eigenvalue weighted by Crippen LogP contribution is -2.14. The molecule has 1 aliphatic rings. The van der Waals surface area contributed by atoms with Gasteiger partial charge in [-0.25, -0.2) is 9.78 Å². The SMILES string of the molecule is Cc1nc(COc2cccc(C(=O)OCC(=O)c3ccc4c(c3)OCCCO4)c2)cs1. The Morgan fingerprint density at radius 1 is 1.06 bits per heavy atom. The van der Waals surface area contributed by atoms with Gasteiger partial charge in [0, 0.05) is 17.4 Å². The zero-order valence-corrected chi connectivity index (χ0v) is 17.8. The fraction of sp³-hybridized carbons (Fsp3) is 0.261.